The van der Waals surface area contributed by atoms with Gasteiger partial charge in [-0.15, -0.1) is 0 Å². The quantitative estimate of drug-likeness (QED) is 0.685. The fraction of sp³-hybridized carbons (Fsp3) is 0.900. The summed E-state index contributed by atoms with van der Waals surface area (Å²) in [6.45, 7) is 6.47. The predicted octanol–water partition coefficient (Wildman–Crippen LogP) is 1.25. The van der Waals surface area contributed by atoms with E-state index in [1.165, 1.54) is 19.3 Å². The molecule has 1 aliphatic carbocycles. The van der Waals surface area contributed by atoms with Crippen molar-refractivity contribution in [1.82, 2.24) is 15.5 Å². The van der Waals surface area contributed by atoms with Crippen molar-refractivity contribution in [3.8, 4) is 0 Å². The highest BCUT2D eigenvalue weighted by Crippen LogP contribution is 2.36. The number of nitrogens with two attached hydrogens (primary N) is 1. The van der Waals surface area contributed by atoms with Gasteiger partial charge in [0.25, 0.3) is 0 Å². The van der Waals surface area contributed by atoms with Gasteiger partial charge in [-0.25, -0.2) is 0 Å². The number of carbonyl (C=O) groups is 2. The Hall–Kier alpha value is -1.14. The summed E-state index contributed by atoms with van der Waals surface area (Å²) in [5.74, 6) is 1.98. The molecule has 2 saturated heterocycles. The summed E-state index contributed by atoms with van der Waals surface area (Å²) in [5, 5.41) is 6.89. The lowest BCUT2D eigenvalue weighted by atomic mass is 9.78. The van der Waals surface area contributed by atoms with Crippen LogP contribution < -0.4 is 16.4 Å². The van der Waals surface area contributed by atoms with Gasteiger partial charge in [-0.2, -0.15) is 0 Å². The molecule has 0 aromatic carbocycles. The highest BCUT2D eigenvalue weighted by atomic mass is 16.2. The first kappa shape index (κ1) is 19.6. The average molecular weight is 365 g/mol. The van der Waals surface area contributed by atoms with Crippen molar-refractivity contribution in [2.24, 2.45) is 23.5 Å². The number of hydrogen-bond acceptors (Lipinski definition) is 4. The topological polar surface area (TPSA) is 87.5 Å². The maximum atomic E-state index is 12.8. The minimum atomic E-state index is -0.0398. The Bertz CT molecular complexity index is 512. The number of carbonyl (C=O) groups excluding carboxylic acids is 2. The van der Waals surface area contributed by atoms with Crippen LogP contribution in [0.15, 0.2) is 0 Å². The second-order valence-electron chi connectivity index (χ2n) is 8.76. The van der Waals surface area contributed by atoms with Gasteiger partial charge in [-0.3, -0.25) is 9.59 Å². The van der Waals surface area contributed by atoms with Crippen molar-refractivity contribution in [1.29, 1.82) is 0 Å². The number of hydrogen-bond donors (Lipinski definition) is 3. The van der Waals surface area contributed by atoms with Crippen molar-refractivity contribution in [2.75, 3.05) is 19.6 Å². The molecule has 0 spiro atoms. The fourth-order valence-electron chi connectivity index (χ4n) is 5.16. The molecule has 0 radical (unpaired) electrons. The molecule has 1 saturated carbocycles. The lowest BCUT2D eigenvalue weighted by molar-refractivity contribution is -0.133. The molecule has 4 unspecified atom stereocenters. The van der Waals surface area contributed by atoms with E-state index >= 15 is 0 Å². The first-order chi connectivity index (χ1) is 12.5. The molecule has 2 heterocycles. The van der Waals surface area contributed by atoms with Crippen LogP contribution in [0.25, 0.3) is 0 Å². The summed E-state index contributed by atoms with van der Waals surface area (Å²) in [4.78, 5) is 26.9. The van der Waals surface area contributed by atoms with E-state index in [0.29, 0.717) is 30.8 Å². The van der Waals surface area contributed by atoms with Crippen LogP contribution in [0.5, 0.6) is 0 Å². The normalized spacial score (nSPS) is 37.3. The molecule has 3 fully saturated rings. The summed E-state index contributed by atoms with van der Waals surface area (Å²) >= 11 is 0. The van der Waals surface area contributed by atoms with Gasteiger partial charge in [0, 0.05) is 31.6 Å². The maximum absolute atomic E-state index is 12.8. The molecular formula is C20H36N4O2. The Balaban J connectivity index is 1.47. The molecule has 3 aliphatic rings. The third-order valence-corrected chi connectivity index (χ3v) is 6.78. The molecule has 0 aromatic rings. The number of nitrogens with zero attached hydrogens (tertiary/aromatic N) is 1. The molecule has 6 nitrogen and oxygen atoms in total. The van der Waals surface area contributed by atoms with Gasteiger partial charge >= 0.3 is 0 Å². The average Bonchev–Trinajstić information content (AvgIpc) is 3.07. The molecule has 0 aromatic heterocycles. The Labute approximate surface area is 157 Å². The van der Waals surface area contributed by atoms with Crippen LogP contribution in [-0.4, -0.2) is 54.5 Å². The van der Waals surface area contributed by atoms with E-state index in [1.807, 2.05) is 4.90 Å². The highest BCUT2D eigenvalue weighted by Gasteiger charge is 2.42. The Morgan fingerprint density at radius 1 is 1.19 bits per heavy atom. The second kappa shape index (κ2) is 8.70. The smallest absolute Gasteiger partial charge is 0.237 e. The summed E-state index contributed by atoms with van der Waals surface area (Å²) in [5.41, 5.74) is 5.50. The van der Waals surface area contributed by atoms with E-state index in [9.17, 15) is 9.59 Å². The predicted molar refractivity (Wildman–Crippen MR) is 102 cm³/mol. The largest absolute Gasteiger partial charge is 0.352 e. The number of piperidine rings is 1. The molecule has 4 N–H and O–H groups in total. The van der Waals surface area contributed by atoms with E-state index in [4.69, 9.17) is 5.73 Å². The lowest BCUT2D eigenvalue weighted by Gasteiger charge is -2.37. The van der Waals surface area contributed by atoms with Crippen molar-refractivity contribution >= 4 is 11.8 Å². The van der Waals surface area contributed by atoms with Gasteiger partial charge < -0.3 is 21.3 Å². The number of nitrogens with one attached hydrogen (secondary N) is 2. The SMILES string of the molecule is CC1CCCC2CC(C(=O)N[C@H]3CCN(C(=O)CCCN)C[C@@H]3C)NC12. The minimum absolute atomic E-state index is 0.0398. The zero-order chi connectivity index (χ0) is 18.7. The summed E-state index contributed by atoms with van der Waals surface area (Å²) < 4.78 is 0. The molecular weight excluding hydrogens is 328 g/mol. The molecule has 0 bridgehead atoms. The van der Waals surface area contributed by atoms with Gasteiger partial charge in [-0.05, 0) is 56.4 Å². The number of likely N-dealkylation sites (tertiary alicyclic amines) is 1. The van der Waals surface area contributed by atoms with Crippen molar-refractivity contribution in [3.05, 3.63) is 0 Å². The van der Waals surface area contributed by atoms with Crippen molar-refractivity contribution in [3.63, 3.8) is 0 Å². The third-order valence-electron chi connectivity index (χ3n) is 6.78. The van der Waals surface area contributed by atoms with Crippen molar-refractivity contribution < 1.29 is 9.59 Å². The first-order valence-electron chi connectivity index (χ1n) is 10.5. The third kappa shape index (κ3) is 4.39. The van der Waals surface area contributed by atoms with Gasteiger partial charge in [0.15, 0.2) is 0 Å². The zero-order valence-corrected chi connectivity index (χ0v) is 16.4. The lowest BCUT2D eigenvalue weighted by Crippen LogP contribution is -2.54. The van der Waals surface area contributed by atoms with Crippen LogP contribution in [0.1, 0.15) is 58.8 Å². The minimum Gasteiger partial charge on any atom is -0.352 e. The van der Waals surface area contributed by atoms with Gasteiger partial charge in [0.05, 0.1) is 6.04 Å². The maximum Gasteiger partial charge on any atom is 0.237 e. The molecule has 2 amide bonds. The molecule has 148 valence electrons. The highest BCUT2D eigenvalue weighted by molar-refractivity contribution is 5.82. The van der Waals surface area contributed by atoms with Crippen molar-refractivity contribution in [2.45, 2.75) is 76.9 Å². The Morgan fingerprint density at radius 2 is 2.00 bits per heavy atom. The standard InChI is InChI=1S/C20H36N4O2/c1-13-5-3-6-15-11-17(22-19(13)15)20(26)23-16-8-10-24(12-14(16)2)18(25)7-4-9-21/h13-17,19,22H,3-12,21H2,1-2H3,(H,23,26)/t13?,14-,15?,16-,17?,19?/m0/s1. The summed E-state index contributed by atoms with van der Waals surface area (Å²) in [6.07, 6.45) is 6.93. The van der Waals surface area contributed by atoms with E-state index in [-0.39, 0.29) is 29.8 Å². The van der Waals surface area contributed by atoms with E-state index < -0.39 is 0 Å². The first-order valence-corrected chi connectivity index (χ1v) is 10.5. The molecule has 6 heteroatoms. The van der Waals surface area contributed by atoms with Gasteiger partial charge in [0.2, 0.25) is 11.8 Å². The molecule has 3 rings (SSSR count). The number of rotatable bonds is 5. The van der Waals surface area contributed by atoms with Crippen LogP contribution in [0, 0.1) is 17.8 Å². The van der Waals surface area contributed by atoms with Crippen LogP contribution in [-0.2, 0) is 9.59 Å². The van der Waals surface area contributed by atoms with Crippen LogP contribution in [0.3, 0.4) is 0 Å². The number of amides is 2. The van der Waals surface area contributed by atoms with Crippen LogP contribution in [0.2, 0.25) is 0 Å². The Kier molecular flexibility index (Phi) is 6.56. The molecule has 26 heavy (non-hydrogen) atoms. The zero-order valence-electron chi connectivity index (χ0n) is 16.4. The number of fused-ring (bicyclic) bond motifs is 1. The van der Waals surface area contributed by atoms with E-state index in [1.54, 1.807) is 0 Å². The summed E-state index contributed by atoms with van der Waals surface area (Å²) in [6, 6.07) is 0.642. The fourth-order valence-corrected chi connectivity index (χ4v) is 5.16. The van der Waals surface area contributed by atoms with Gasteiger partial charge in [0.1, 0.15) is 0 Å². The van der Waals surface area contributed by atoms with Crippen LogP contribution in [0.4, 0.5) is 0 Å². The van der Waals surface area contributed by atoms with E-state index in [2.05, 4.69) is 24.5 Å². The molecule has 2 aliphatic heterocycles. The summed E-state index contributed by atoms with van der Waals surface area (Å²) in [7, 11) is 0. The monoisotopic (exact) mass is 364 g/mol. The Morgan fingerprint density at radius 3 is 2.69 bits per heavy atom. The van der Waals surface area contributed by atoms with Gasteiger partial charge in [-0.1, -0.05) is 20.3 Å². The molecule has 6 atom stereocenters. The van der Waals surface area contributed by atoms with Crippen LogP contribution >= 0.6 is 0 Å². The van der Waals surface area contributed by atoms with E-state index in [0.717, 1.165) is 32.4 Å². The second-order valence-corrected chi connectivity index (χ2v) is 8.76.